The molecule has 0 aliphatic carbocycles. The first-order valence-electron chi connectivity index (χ1n) is 6.71. The molecule has 0 saturated carbocycles. The summed E-state index contributed by atoms with van der Waals surface area (Å²) in [6, 6.07) is 2.52. The average molecular weight is 391 g/mol. The van der Waals surface area contributed by atoms with E-state index < -0.39 is 63.7 Å². The number of sulfonamides is 1. The van der Waals surface area contributed by atoms with Crippen LogP contribution in [0.25, 0.3) is 0 Å². The Morgan fingerprint density at radius 1 is 1.12 bits per heavy atom. The van der Waals surface area contributed by atoms with Crippen molar-refractivity contribution in [3.63, 3.8) is 0 Å². The number of carboxylic acid groups (broad SMARTS) is 1. The summed E-state index contributed by atoms with van der Waals surface area (Å²) in [6.07, 6.45) is -9.80. The Balaban J connectivity index is 2.40. The van der Waals surface area contributed by atoms with Crippen LogP contribution in [0.5, 0.6) is 0 Å². The van der Waals surface area contributed by atoms with Crippen molar-refractivity contribution in [2.45, 2.75) is 17.2 Å². The quantitative estimate of drug-likeness (QED) is 0.804. The summed E-state index contributed by atoms with van der Waals surface area (Å²) in [6.45, 7) is -2.14. The molecule has 1 heterocycles. The molecule has 12 heteroatoms. The fourth-order valence-electron chi connectivity index (χ4n) is 2.53. The first-order chi connectivity index (χ1) is 11.2. The monoisotopic (exact) mass is 391 g/mol. The number of hydrogen-bond acceptors (Lipinski definition) is 3. The van der Waals surface area contributed by atoms with E-state index in [1.54, 1.807) is 0 Å². The minimum Gasteiger partial charge on any atom is -0.481 e. The van der Waals surface area contributed by atoms with Gasteiger partial charge in [0.15, 0.2) is 0 Å². The number of aliphatic carboxylic acids is 1. The van der Waals surface area contributed by atoms with Gasteiger partial charge in [0.2, 0.25) is 10.0 Å². The summed E-state index contributed by atoms with van der Waals surface area (Å²) in [4.78, 5) is 10.1. The number of carbonyl (C=O) groups is 1. The zero-order chi connectivity index (χ0) is 19.2. The second-order valence-electron chi connectivity index (χ2n) is 5.44. The molecule has 25 heavy (non-hydrogen) atoms. The van der Waals surface area contributed by atoms with Crippen LogP contribution in [0.15, 0.2) is 29.2 Å². The molecule has 1 N–H and O–H groups in total. The maximum absolute atomic E-state index is 12.9. The van der Waals surface area contributed by atoms with Gasteiger partial charge in [0.25, 0.3) is 0 Å². The van der Waals surface area contributed by atoms with Gasteiger partial charge in [-0.2, -0.15) is 30.6 Å². The smallest absolute Gasteiger partial charge is 0.416 e. The van der Waals surface area contributed by atoms with Gasteiger partial charge in [-0.25, -0.2) is 8.42 Å². The third-order valence-electron chi connectivity index (χ3n) is 3.82. The van der Waals surface area contributed by atoms with Gasteiger partial charge in [0, 0.05) is 13.1 Å². The highest BCUT2D eigenvalue weighted by Gasteiger charge is 2.55. The van der Waals surface area contributed by atoms with Gasteiger partial charge < -0.3 is 5.11 Å². The van der Waals surface area contributed by atoms with E-state index >= 15 is 0 Å². The molecule has 140 valence electrons. The molecular formula is C13H11F6NO4S. The fraction of sp³-hybridized carbons (Fsp3) is 0.462. The van der Waals surface area contributed by atoms with Crippen LogP contribution in [0.4, 0.5) is 26.3 Å². The molecule has 0 unspecified atom stereocenters. The van der Waals surface area contributed by atoms with Crippen LogP contribution in [0.3, 0.4) is 0 Å². The molecule has 0 aromatic heterocycles. The molecule has 0 amide bonds. The summed E-state index contributed by atoms with van der Waals surface area (Å²) in [7, 11) is -4.71. The number of nitrogens with zero attached hydrogens (tertiary/aromatic N) is 1. The van der Waals surface area contributed by atoms with Gasteiger partial charge in [-0.3, -0.25) is 4.79 Å². The van der Waals surface area contributed by atoms with Gasteiger partial charge in [-0.1, -0.05) is 6.07 Å². The highest BCUT2D eigenvalue weighted by atomic mass is 32.2. The molecule has 1 fully saturated rings. The Bertz CT molecular complexity index is 773. The zero-order valence-electron chi connectivity index (χ0n) is 12.2. The maximum Gasteiger partial charge on any atom is 0.416 e. The second-order valence-corrected chi connectivity index (χ2v) is 7.38. The Morgan fingerprint density at radius 2 is 1.72 bits per heavy atom. The Hall–Kier alpha value is -1.82. The lowest BCUT2D eigenvalue weighted by molar-refractivity contribution is -0.187. The predicted molar refractivity (Wildman–Crippen MR) is 70.9 cm³/mol. The molecule has 1 aromatic rings. The van der Waals surface area contributed by atoms with Crippen LogP contribution >= 0.6 is 0 Å². The molecule has 0 bridgehead atoms. The molecule has 1 aliphatic rings. The van der Waals surface area contributed by atoms with Crippen molar-refractivity contribution in [3.8, 4) is 0 Å². The topological polar surface area (TPSA) is 74.7 Å². The number of hydrogen-bond donors (Lipinski definition) is 1. The lowest BCUT2D eigenvalue weighted by Gasteiger charge is -2.18. The summed E-state index contributed by atoms with van der Waals surface area (Å²) >= 11 is 0. The molecule has 0 spiro atoms. The Kier molecular flexibility index (Phi) is 4.81. The molecular weight excluding hydrogens is 380 g/mol. The first kappa shape index (κ1) is 19.5. The molecule has 1 saturated heterocycles. The zero-order valence-corrected chi connectivity index (χ0v) is 13.0. The van der Waals surface area contributed by atoms with Crippen LogP contribution < -0.4 is 0 Å². The second kappa shape index (κ2) is 6.16. The van der Waals surface area contributed by atoms with E-state index in [4.69, 9.17) is 5.11 Å². The van der Waals surface area contributed by atoms with E-state index in [2.05, 4.69) is 0 Å². The van der Waals surface area contributed by atoms with Crippen LogP contribution in [0.2, 0.25) is 0 Å². The number of halogens is 6. The molecule has 1 aromatic carbocycles. The maximum atomic E-state index is 12.9. The van der Waals surface area contributed by atoms with Crippen molar-refractivity contribution in [2.24, 2.45) is 11.8 Å². The minimum absolute atomic E-state index is 0.249. The molecule has 0 radical (unpaired) electrons. The van der Waals surface area contributed by atoms with Crippen LogP contribution in [0.1, 0.15) is 5.56 Å². The van der Waals surface area contributed by atoms with Crippen molar-refractivity contribution < 1.29 is 44.7 Å². The Morgan fingerprint density at radius 3 is 2.16 bits per heavy atom. The molecule has 1 aliphatic heterocycles. The third-order valence-corrected chi connectivity index (χ3v) is 5.65. The van der Waals surface area contributed by atoms with Gasteiger partial charge in [0.1, 0.15) is 0 Å². The van der Waals surface area contributed by atoms with Gasteiger partial charge in [0.05, 0.1) is 22.3 Å². The van der Waals surface area contributed by atoms with Crippen molar-refractivity contribution in [2.75, 3.05) is 13.1 Å². The summed E-state index contributed by atoms with van der Waals surface area (Å²) < 4.78 is 102. The fourth-order valence-corrected chi connectivity index (χ4v) is 4.07. The lowest BCUT2D eigenvalue weighted by Crippen LogP contribution is -2.34. The standard InChI is InChI=1S/C13H11F6NO4S/c14-12(15,16)7-2-1-3-8(4-7)25(23,24)20-5-9(11(21)22)10(6-20)13(17,18)19/h1-4,9-10H,5-6H2,(H,21,22)/t9-,10-/m1/s1. The van der Waals surface area contributed by atoms with E-state index in [0.29, 0.717) is 12.1 Å². The van der Waals surface area contributed by atoms with E-state index in [0.717, 1.165) is 12.1 Å². The van der Waals surface area contributed by atoms with Crippen LogP contribution in [0, 0.1) is 11.8 Å². The van der Waals surface area contributed by atoms with Crippen molar-refractivity contribution in [3.05, 3.63) is 29.8 Å². The minimum atomic E-state index is -4.96. The van der Waals surface area contributed by atoms with Crippen molar-refractivity contribution in [1.82, 2.24) is 4.31 Å². The highest BCUT2D eigenvalue weighted by Crippen LogP contribution is 2.40. The molecule has 5 nitrogen and oxygen atoms in total. The van der Waals surface area contributed by atoms with E-state index in [-0.39, 0.29) is 4.31 Å². The first-order valence-corrected chi connectivity index (χ1v) is 8.15. The van der Waals surface area contributed by atoms with E-state index in [1.165, 1.54) is 0 Å². The van der Waals surface area contributed by atoms with Crippen molar-refractivity contribution in [1.29, 1.82) is 0 Å². The highest BCUT2D eigenvalue weighted by molar-refractivity contribution is 7.89. The van der Waals surface area contributed by atoms with Gasteiger partial charge in [-0.05, 0) is 18.2 Å². The van der Waals surface area contributed by atoms with Crippen LogP contribution in [-0.4, -0.2) is 43.1 Å². The van der Waals surface area contributed by atoms with Crippen molar-refractivity contribution >= 4 is 16.0 Å². The van der Waals surface area contributed by atoms with Gasteiger partial charge >= 0.3 is 18.3 Å². The predicted octanol–water partition coefficient (Wildman–Crippen LogP) is 2.59. The van der Waals surface area contributed by atoms with E-state index in [9.17, 15) is 39.6 Å². The molecule has 2 rings (SSSR count). The largest absolute Gasteiger partial charge is 0.481 e. The SMILES string of the molecule is O=C(O)[C@@H]1CN(S(=O)(=O)c2cccc(C(F)(F)F)c2)C[C@H]1C(F)(F)F. The van der Waals surface area contributed by atoms with E-state index in [1.807, 2.05) is 0 Å². The third kappa shape index (κ3) is 3.89. The Labute approximate surface area is 137 Å². The number of alkyl halides is 6. The lowest BCUT2D eigenvalue weighted by atomic mass is 9.96. The summed E-state index contributed by atoms with van der Waals surface area (Å²) in [5.41, 5.74) is -1.28. The molecule has 2 atom stereocenters. The number of rotatable bonds is 3. The number of carboxylic acids is 1. The summed E-state index contributed by atoms with van der Waals surface area (Å²) in [5.74, 6) is -6.30. The van der Waals surface area contributed by atoms with Crippen LogP contribution in [-0.2, 0) is 21.0 Å². The van der Waals surface area contributed by atoms with Gasteiger partial charge in [-0.15, -0.1) is 0 Å². The average Bonchev–Trinajstić information content (AvgIpc) is 2.92. The normalized spacial score (nSPS) is 23.0. The number of benzene rings is 1. The summed E-state index contributed by atoms with van der Waals surface area (Å²) in [5, 5.41) is 8.88.